The molecule has 7 heteroatoms. The van der Waals surface area contributed by atoms with Crippen LogP contribution in [0.1, 0.15) is 18.2 Å². The minimum atomic E-state index is -0.419. The normalized spacial score (nSPS) is 11.1. The second-order valence-corrected chi connectivity index (χ2v) is 5.33. The Morgan fingerprint density at radius 1 is 1.29 bits per heavy atom. The van der Waals surface area contributed by atoms with Crippen molar-refractivity contribution in [1.82, 2.24) is 10.6 Å². The summed E-state index contributed by atoms with van der Waals surface area (Å²) in [6, 6.07) is 10.0. The third-order valence-corrected chi connectivity index (χ3v) is 3.13. The van der Waals surface area contributed by atoms with Gasteiger partial charge < -0.3 is 15.1 Å². The Labute approximate surface area is 140 Å². The van der Waals surface area contributed by atoms with Gasteiger partial charge in [-0.2, -0.15) is 0 Å². The van der Waals surface area contributed by atoms with Gasteiger partial charge in [-0.15, -0.1) is 0 Å². The smallest absolute Gasteiger partial charge is 0.269 e. The second-order valence-electron chi connectivity index (χ2n) is 5.33. The summed E-state index contributed by atoms with van der Waals surface area (Å²) in [5.41, 5.74) is 1.94. The highest BCUT2D eigenvalue weighted by Crippen LogP contribution is 2.12. The maximum atomic E-state index is 10.7. The number of nitrogens with one attached hydrogen (secondary N) is 2. The fourth-order valence-electron chi connectivity index (χ4n) is 1.89. The Hall–Kier alpha value is -3.09. The fraction of sp³-hybridized carbons (Fsp3) is 0.235. The molecule has 0 spiro atoms. The number of hydrogen-bond acceptors (Lipinski definition) is 4. The zero-order valence-electron chi connectivity index (χ0n) is 13.5. The molecule has 0 atom stereocenters. The lowest BCUT2D eigenvalue weighted by molar-refractivity contribution is -0.384. The number of guanidine groups is 1. The lowest BCUT2D eigenvalue weighted by Crippen LogP contribution is -2.37. The van der Waals surface area contributed by atoms with E-state index < -0.39 is 4.92 Å². The molecule has 1 aromatic carbocycles. The van der Waals surface area contributed by atoms with Gasteiger partial charge in [0, 0.05) is 18.7 Å². The van der Waals surface area contributed by atoms with Crippen molar-refractivity contribution in [2.75, 3.05) is 6.54 Å². The highest BCUT2D eigenvalue weighted by Gasteiger charge is 2.04. The molecule has 7 nitrogen and oxygen atoms in total. The van der Waals surface area contributed by atoms with E-state index in [9.17, 15) is 10.1 Å². The van der Waals surface area contributed by atoms with Crippen molar-refractivity contribution in [2.24, 2.45) is 4.99 Å². The second kappa shape index (κ2) is 8.52. The maximum Gasteiger partial charge on any atom is 0.269 e. The van der Waals surface area contributed by atoms with Crippen LogP contribution in [0.4, 0.5) is 5.69 Å². The molecule has 0 saturated carbocycles. The molecule has 2 N–H and O–H groups in total. The number of aliphatic imine (C=N–C) groups is 1. The van der Waals surface area contributed by atoms with Crippen LogP contribution in [-0.4, -0.2) is 17.4 Å². The molecule has 0 bridgehead atoms. The SMILES string of the molecule is C=C(C)CNC(=NCc1ccc([N+](=O)[O-])cc1)NCc1ccco1. The number of nitro benzene ring substituents is 1. The van der Waals surface area contributed by atoms with E-state index in [2.05, 4.69) is 22.2 Å². The first-order valence-corrected chi connectivity index (χ1v) is 7.47. The number of furan rings is 1. The predicted octanol–water partition coefficient (Wildman–Crippen LogP) is 3.00. The maximum absolute atomic E-state index is 10.7. The minimum Gasteiger partial charge on any atom is -0.467 e. The van der Waals surface area contributed by atoms with E-state index in [1.165, 1.54) is 12.1 Å². The van der Waals surface area contributed by atoms with Crippen molar-refractivity contribution in [2.45, 2.75) is 20.0 Å². The number of hydrogen-bond donors (Lipinski definition) is 2. The summed E-state index contributed by atoms with van der Waals surface area (Å²) < 4.78 is 5.28. The van der Waals surface area contributed by atoms with Gasteiger partial charge in [-0.1, -0.05) is 24.3 Å². The van der Waals surface area contributed by atoms with Crippen LogP contribution in [-0.2, 0) is 13.1 Å². The molecule has 0 saturated heterocycles. The molecule has 0 aliphatic rings. The van der Waals surface area contributed by atoms with Gasteiger partial charge in [0.15, 0.2) is 5.96 Å². The highest BCUT2D eigenvalue weighted by molar-refractivity contribution is 5.79. The number of benzene rings is 1. The van der Waals surface area contributed by atoms with E-state index in [1.54, 1.807) is 18.4 Å². The largest absolute Gasteiger partial charge is 0.467 e. The van der Waals surface area contributed by atoms with E-state index in [4.69, 9.17) is 4.42 Å². The molecule has 0 aliphatic heterocycles. The molecule has 0 amide bonds. The molecule has 0 fully saturated rings. The van der Waals surface area contributed by atoms with Crippen molar-refractivity contribution in [3.05, 3.63) is 76.3 Å². The molecule has 0 aliphatic carbocycles. The van der Waals surface area contributed by atoms with E-state index >= 15 is 0 Å². The van der Waals surface area contributed by atoms with Gasteiger partial charge in [0.2, 0.25) is 0 Å². The van der Waals surface area contributed by atoms with Crippen molar-refractivity contribution in [3.8, 4) is 0 Å². The van der Waals surface area contributed by atoms with Crippen LogP contribution in [0.15, 0.2) is 64.2 Å². The molecule has 2 rings (SSSR count). The van der Waals surface area contributed by atoms with Crippen LogP contribution >= 0.6 is 0 Å². The van der Waals surface area contributed by atoms with E-state index in [0.717, 1.165) is 16.9 Å². The Morgan fingerprint density at radius 3 is 2.62 bits per heavy atom. The molecule has 0 radical (unpaired) electrons. The number of nitrogens with zero attached hydrogens (tertiary/aromatic N) is 2. The third kappa shape index (κ3) is 5.60. The zero-order chi connectivity index (χ0) is 17.4. The minimum absolute atomic E-state index is 0.0688. The summed E-state index contributed by atoms with van der Waals surface area (Å²) in [4.78, 5) is 14.7. The Morgan fingerprint density at radius 2 is 2.04 bits per heavy atom. The Balaban J connectivity index is 1.99. The first kappa shape index (κ1) is 17.3. The summed E-state index contributed by atoms with van der Waals surface area (Å²) >= 11 is 0. The van der Waals surface area contributed by atoms with Crippen molar-refractivity contribution < 1.29 is 9.34 Å². The van der Waals surface area contributed by atoms with Crippen molar-refractivity contribution in [3.63, 3.8) is 0 Å². The first-order chi connectivity index (χ1) is 11.5. The summed E-state index contributed by atoms with van der Waals surface area (Å²) in [6.45, 7) is 7.29. The summed E-state index contributed by atoms with van der Waals surface area (Å²) in [6.07, 6.45) is 1.62. The topological polar surface area (TPSA) is 92.7 Å². The van der Waals surface area contributed by atoms with Crippen molar-refractivity contribution in [1.29, 1.82) is 0 Å². The summed E-state index contributed by atoms with van der Waals surface area (Å²) in [5.74, 6) is 1.42. The summed E-state index contributed by atoms with van der Waals surface area (Å²) in [5, 5.41) is 17.0. The van der Waals surface area contributed by atoms with E-state index in [1.807, 2.05) is 19.1 Å². The number of rotatable bonds is 7. The van der Waals surface area contributed by atoms with Crippen LogP contribution in [0.2, 0.25) is 0 Å². The van der Waals surface area contributed by atoms with Crippen LogP contribution < -0.4 is 10.6 Å². The average molecular weight is 328 g/mol. The van der Waals surface area contributed by atoms with Crippen LogP contribution in [0.25, 0.3) is 0 Å². The molecular formula is C17H20N4O3. The predicted molar refractivity (Wildman–Crippen MR) is 92.6 cm³/mol. The van der Waals surface area contributed by atoms with Gasteiger partial charge in [-0.25, -0.2) is 4.99 Å². The molecule has 1 aromatic heterocycles. The van der Waals surface area contributed by atoms with E-state index in [0.29, 0.717) is 25.6 Å². The number of nitro groups is 1. The van der Waals surface area contributed by atoms with Gasteiger partial charge in [0.25, 0.3) is 5.69 Å². The Bertz CT molecular complexity index is 706. The molecule has 126 valence electrons. The average Bonchev–Trinajstić information content (AvgIpc) is 3.07. The van der Waals surface area contributed by atoms with Gasteiger partial charge >= 0.3 is 0 Å². The lowest BCUT2D eigenvalue weighted by atomic mass is 10.2. The summed E-state index contributed by atoms with van der Waals surface area (Å²) in [7, 11) is 0. The van der Waals surface area contributed by atoms with Crippen LogP contribution in [0.3, 0.4) is 0 Å². The molecule has 1 heterocycles. The van der Waals surface area contributed by atoms with Gasteiger partial charge in [0.1, 0.15) is 5.76 Å². The third-order valence-electron chi connectivity index (χ3n) is 3.13. The van der Waals surface area contributed by atoms with Crippen LogP contribution in [0, 0.1) is 10.1 Å². The quantitative estimate of drug-likeness (QED) is 0.268. The standard InChI is InChI=1S/C17H20N4O3/c1-13(2)10-18-17(20-12-16-4-3-9-24-16)19-11-14-5-7-15(8-6-14)21(22)23/h3-9H,1,10-12H2,2H3,(H2,18,19,20). The molecule has 0 unspecified atom stereocenters. The zero-order valence-corrected chi connectivity index (χ0v) is 13.5. The lowest BCUT2D eigenvalue weighted by Gasteiger charge is -2.11. The first-order valence-electron chi connectivity index (χ1n) is 7.47. The molecular weight excluding hydrogens is 308 g/mol. The monoisotopic (exact) mass is 328 g/mol. The molecule has 24 heavy (non-hydrogen) atoms. The van der Waals surface area contributed by atoms with E-state index in [-0.39, 0.29) is 5.69 Å². The fourth-order valence-corrected chi connectivity index (χ4v) is 1.89. The van der Waals surface area contributed by atoms with Gasteiger partial charge in [-0.3, -0.25) is 10.1 Å². The highest BCUT2D eigenvalue weighted by atomic mass is 16.6. The molecule has 2 aromatic rings. The van der Waals surface area contributed by atoms with Gasteiger partial charge in [-0.05, 0) is 24.6 Å². The van der Waals surface area contributed by atoms with Crippen LogP contribution in [0.5, 0.6) is 0 Å². The van der Waals surface area contributed by atoms with Gasteiger partial charge in [0.05, 0.1) is 24.3 Å². The number of non-ortho nitro benzene ring substituents is 1. The Kier molecular flexibility index (Phi) is 6.13. The van der Waals surface area contributed by atoms with Crippen molar-refractivity contribution >= 4 is 11.6 Å².